The van der Waals surface area contributed by atoms with Crippen LogP contribution in [0.1, 0.15) is 37.7 Å². The van der Waals surface area contributed by atoms with Crippen LogP contribution in [0.5, 0.6) is 0 Å². The molecule has 3 rings (SSSR count). The molecule has 1 aromatic carbocycles. The van der Waals surface area contributed by atoms with Crippen LogP contribution >= 0.6 is 0 Å². The average Bonchev–Trinajstić information content (AvgIpc) is 2.83. The van der Waals surface area contributed by atoms with E-state index in [4.69, 9.17) is 10.1 Å². The van der Waals surface area contributed by atoms with Gasteiger partial charge in [-0.15, -0.1) is 0 Å². The van der Waals surface area contributed by atoms with Gasteiger partial charge in [0.15, 0.2) is 0 Å². The van der Waals surface area contributed by atoms with E-state index in [1.807, 2.05) is 24.3 Å². The summed E-state index contributed by atoms with van der Waals surface area (Å²) in [6.07, 6.45) is 4.76. The molecule has 1 amide bonds. The zero-order valence-corrected chi connectivity index (χ0v) is 18.6. The van der Waals surface area contributed by atoms with E-state index in [1.54, 1.807) is 0 Å². The maximum absolute atomic E-state index is 11.7. The van der Waals surface area contributed by atoms with Crippen molar-refractivity contribution in [3.05, 3.63) is 29.8 Å². The SMILES string of the molecule is COC(=O)NC(=N)c1ccc(N2CCC(CCN3CCC(C(=O)OC)CC3)CC2)cc1. The number of anilines is 1. The number of ether oxygens (including phenoxy) is 2. The van der Waals surface area contributed by atoms with Crippen molar-refractivity contribution in [1.82, 2.24) is 10.2 Å². The highest BCUT2D eigenvalue weighted by Crippen LogP contribution is 2.26. The normalized spacial score (nSPS) is 18.5. The van der Waals surface area contributed by atoms with Gasteiger partial charge in [-0.05, 0) is 81.9 Å². The van der Waals surface area contributed by atoms with Gasteiger partial charge in [0, 0.05) is 24.3 Å². The molecule has 2 N–H and O–H groups in total. The van der Waals surface area contributed by atoms with Crippen molar-refractivity contribution in [2.45, 2.75) is 32.1 Å². The Labute approximate surface area is 184 Å². The number of nitrogens with one attached hydrogen (secondary N) is 2. The molecule has 0 radical (unpaired) electrons. The number of alkyl carbamates (subject to hydrolysis) is 1. The van der Waals surface area contributed by atoms with E-state index in [-0.39, 0.29) is 17.7 Å². The highest BCUT2D eigenvalue weighted by atomic mass is 16.5. The second kappa shape index (κ2) is 11.1. The van der Waals surface area contributed by atoms with E-state index in [0.29, 0.717) is 5.56 Å². The summed E-state index contributed by atoms with van der Waals surface area (Å²) in [6.45, 7) is 5.16. The Balaban J connectivity index is 1.38. The van der Waals surface area contributed by atoms with Crippen LogP contribution in [0.3, 0.4) is 0 Å². The molecule has 2 fully saturated rings. The Kier molecular flexibility index (Phi) is 8.28. The third-order valence-electron chi connectivity index (χ3n) is 6.52. The van der Waals surface area contributed by atoms with Crippen LogP contribution in [0.25, 0.3) is 0 Å². The second-order valence-electron chi connectivity index (χ2n) is 8.40. The lowest BCUT2D eigenvalue weighted by molar-refractivity contribution is -0.147. The number of nitrogens with zero attached hydrogens (tertiary/aromatic N) is 2. The molecule has 2 aliphatic rings. The van der Waals surface area contributed by atoms with Crippen molar-refractivity contribution in [3.63, 3.8) is 0 Å². The van der Waals surface area contributed by atoms with Crippen LogP contribution in [-0.2, 0) is 14.3 Å². The molecule has 0 spiro atoms. The first kappa shape index (κ1) is 23.1. The van der Waals surface area contributed by atoms with Gasteiger partial charge in [-0.1, -0.05) is 0 Å². The lowest BCUT2D eigenvalue weighted by Crippen LogP contribution is -2.39. The van der Waals surface area contributed by atoms with E-state index in [9.17, 15) is 9.59 Å². The number of esters is 1. The van der Waals surface area contributed by atoms with Gasteiger partial charge in [0.25, 0.3) is 0 Å². The average molecular weight is 431 g/mol. The van der Waals surface area contributed by atoms with Crippen molar-refractivity contribution < 1.29 is 19.1 Å². The van der Waals surface area contributed by atoms with E-state index in [2.05, 4.69) is 19.9 Å². The first-order valence-electron chi connectivity index (χ1n) is 11.1. The number of piperidine rings is 2. The lowest BCUT2D eigenvalue weighted by Gasteiger charge is -2.36. The zero-order chi connectivity index (χ0) is 22.2. The molecule has 1 aromatic rings. The smallest absolute Gasteiger partial charge is 0.412 e. The molecule has 0 bridgehead atoms. The number of amidine groups is 1. The van der Waals surface area contributed by atoms with Gasteiger partial charge in [-0.2, -0.15) is 0 Å². The Morgan fingerprint density at radius 1 is 1.00 bits per heavy atom. The number of likely N-dealkylation sites (tertiary alicyclic amines) is 1. The fraction of sp³-hybridized carbons (Fsp3) is 0.609. The van der Waals surface area contributed by atoms with Crippen molar-refractivity contribution in [2.24, 2.45) is 11.8 Å². The fourth-order valence-electron chi connectivity index (χ4n) is 4.47. The maximum Gasteiger partial charge on any atom is 0.412 e. The number of hydrogen-bond donors (Lipinski definition) is 2. The van der Waals surface area contributed by atoms with Crippen LogP contribution in [0.2, 0.25) is 0 Å². The Bertz CT molecular complexity index is 751. The summed E-state index contributed by atoms with van der Waals surface area (Å²) < 4.78 is 9.40. The number of benzene rings is 1. The van der Waals surface area contributed by atoms with Crippen LogP contribution in [-0.4, -0.2) is 69.7 Å². The fourth-order valence-corrected chi connectivity index (χ4v) is 4.47. The minimum Gasteiger partial charge on any atom is -0.469 e. The van der Waals surface area contributed by atoms with Gasteiger partial charge in [0.1, 0.15) is 5.84 Å². The number of methoxy groups -OCH3 is 2. The highest BCUT2D eigenvalue weighted by molar-refractivity contribution is 6.04. The number of carbonyl (C=O) groups excluding carboxylic acids is 2. The van der Waals surface area contributed by atoms with Gasteiger partial charge in [0.2, 0.25) is 0 Å². The predicted molar refractivity (Wildman–Crippen MR) is 120 cm³/mol. The predicted octanol–water partition coefficient (Wildman–Crippen LogP) is 2.86. The molecule has 0 atom stereocenters. The molecular weight excluding hydrogens is 396 g/mol. The van der Waals surface area contributed by atoms with Gasteiger partial charge in [-0.3, -0.25) is 15.5 Å². The molecular formula is C23H34N4O4. The van der Waals surface area contributed by atoms with Crippen LogP contribution in [0, 0.1) is 17.2 Å². The molecule has 0 unspecified atom stereocenters. The molecule has 2 heterocycles. The number of rotatable bonds is 6. The third kappa shape index (κ3) is 6.43. The Morgan fingerprint density at radius 2 is 1.65 bits per heavy atom. The molecule has 8 heteroatoms. The first-order chi connectivity index (χ1) is 15.0. The minimum absolute atomic E-state index is 0.0349. The molecule has 2 saturated heterocycles. The molecule has 0 saturated carbocycles. The molecule has 31 heavy (non-hydrogen) atoms. The highest BCUT2D eigenvalue weighted by Gasteiger charge is 2.26. The van der Waals surface area contributed by atoms with E-state index in [1.165, 1.54) is 33.5 Å². The standard InChI is InChI=1S/C23H34N4O4/c1-30-22(28)19-10-13-26(14-11-19)12-7-17-8-15-27(16-9-17)20-5-3-18(4-6-20)21(24)25-23(29)31-2/h3-6,17,19H,7-16H2,1-2H3,(H2,24,25,29). The maximum atomic E-state index is 11.7. The van der Waals surface area contributed by atoms with Crippen LogP contribution < -0.4 is 10.2 Å². The summed E-state index contributed by atoms with van der Waals surface area (Å²) in [6, 6.07) is 7.73. The monoisotopic (exact) mass is 430 g/mol. The van der Waals surface area contributed by atoms with E-state index < -0.39 is 6.09 Å². The van der Waals surface area contributed by atoms with Gasteiger partial charge in [0.05, 0.1) is 20.1 Å². The summed E-state index contributed by atoms with van der Waals surface area (Å²) in [5, 5.41) is 10.3. The second-order valence-corrected chi connectivity index (χ2v) is 8.40. The number of amides is 1. The van der Waals surface area contributed by atoms with Gasteiger partial charge in [-0.25, -0.2) is 4.79 Å². The topological polar surface area (TPSA) is 95.0 Å². The largest absolute Gasteiger partial charge is 0.469 e. The first-order valence-corrected chi connectivity index (χ1v) is 11.1. The molecule has 2 aliphatic heterocycles. The van der Waals surface area contributed by atoms with Gasteiger partial charge >= 0.3 is 12.1 Å². The summed E-state index contributed by atoms with van der Waals surface area (Å²) in [5.41, 5.74) is 1.80. The Morgan fingerprint density at radius 3 is 2.23 bits per heavy atom. The van der Waals surface area contributed by atoms with Crippen LogP contribution in [0.15, 0.2) is 24.3 Å². The minimum atomic E-state index is -0.635. The number of hydrogen-bond acceptors (Lipinski definition) is 7. The van der Waals surface area contributed by atoms with E-state index in [0.717, 1.165) is 57.2 Å². The third-order valence-corrected chi connectivity index (χ3v) is 6.52. The Hall–Kier alpha value is -2.61. The molecule has 170 valence electrons. The lowest BCUT2D eigenvalue weighted by atomic mass is 9.92. The molecule has 0 aromatic heterocycles. The van der Waals surface area contributed by atoms with Crippen molar-refractivity contribution >= 4 is 23.6 Å². The van der Waals surface area contributed by atoms with Crippen molar-refractivity contribution in [3.8, 4) is 0 Å². The summed E-state index contributed by atoms with van der Waals surface area (Å²) in [4.78, 5) is 27.8. The zero-order valence-electron chi connectivity index (χ0n) is 18.6. The van der Waals surface area contributed by atoms with E-state index >= 15 is 0 Å². The molecule has 8 nitrogen and oxygen atoms in total. The summed E-state index contributed by atoms with van der Waals surface area (Å²) in [5.74, 6) is 0.798. The van der Waals surface area contributed by atoms with Crippen molar-refractivity contribution in [1.29, 1.82) is 5.41 Å². The molecule has 0 aliphatic carbocycles. The quantitative estimate of drug-likeness (QED) is 0.409. The summed E-state index contributed by atoms with van der Waals surface area (Å²) in [7, 11) is 2.76. The van der Waals surface area contributed by atoms with Gasteiger partial charge < -0.3 is 19.3 Å². The summed E-state index contributed by atoms with van der Waals surface area (Å²) >= 11 is 0. The van der Waals surface area contributed by atoms with Crippen molar-refractivity contribution in [2.75, 3.05) is 51.8 Å². The van der Waals surface area contributed by atoms with Crippen LogP contribution in [0.4, 0.5) is 10.5 Å². The number of carbonyl (C=O) groups is 2.